The Morgan fingerprint density at radius 1 is 1.15 bits per heavy atom. The number of rotatable bonds is 3. The summed E-state index contributed by atoms with van der Waals surface area (Å²) >= 11 is 6.77. The molecule has 2 rings (SSSR count). The summed E-state index contributed by atoms with van der Waals surface area (Å²) in [4.78, 5) is 0. The summed E-state index contributed by atoms with van der Waals surface area (Å²) in [6.07, 6.45) is -0.811. The van der Waals surface area contributed by atoms with Crippen molar-refractivity contribution in [2.75, 3.05) is 0 Å². The zero-order valence-electron chi connectivity index (χ0n) is 11.0. The minimum atomic E-state index is -0.811. The van der Waals surface area contributed by atoms with Gasteiger partial charge in [-0.1, -0.05) is 15.9 Å². The van der Waals surface area contributed by atoms with Crippen molar-refractivity contribution >= 4 is 31.9 Å². The lowest BCUT2D eigenvalue weighted by molar-refractivity contribution is 0.195. The van der Waals surface area contributed by atoms with Gasteiger partial charge in [0.05, 0.1) is 10.6 Å². The summed E-state index contributed by atoms with van der Waals surface area (Å²) < 4.78 is 21.1. The van der Waals surface area contributed by atoms with Gasteiger partial charge < -0.3 is 9.84 Å². The molecule has 0 amide bonds. The molecule has 2 aromatic carbocycles. The smallest absolute Gasteiger partial charge is 0.141 e. The van der Waals surface area contributed by atoms with E-state index in [2.05, 4.69) is 31.9 Å². The molecule has 1 N–H and O–H groups in total. The maximum Gasteiger partial charge on any atom is 0.141 e. The molecule has 0 aromatic heterocycles. The standard InChI is InChI=1S/C15H13Br2FO2/c1-8-5-15(11(9(2)19)7-13(8)18)20-14-4-3-10(16)6-12(14)17/h3-7,9,19H,1-2H3/t9-/m1/s1. The van der Waals surface area contributed by atoms with E-state index in [0.717, 1.165) is 8.95 Å². The van der Waals surface area contributed by atoms with Crippen LogP contribution in [0, 0.1) is 12.7 Å². The first-order valence-electron chi connectivity index (χ1n) is 5.99. The summed E-state index contributed by atoms with van der Waals surface area (Å²) in [5, 5.41) is 9.75. The highest BCUT2D eigenvalue weighted by Gasteiger charge is 2.14. The van der Waals surface area contributed by atoms with Gasteiger partial charge in [0.25, 0.3) is 0 Å². The first-order valence-corrected chi connectivity index (χ1v) is 7.58. The minimum Gasteiger partial charge on any atom is -0.456 e. The number of aliphatic hydroxyl groups excluding tert-OH is 1. The largest absolute Gasteiger partial charge is 0.456 e. The number of halogens is 3. The van der Waals surface area contributed by atoms with Crippen LogP contribution in [0.25, 0.3) is 0 Å². The summed E-state index contributed by atoms with van der Waals surface area (Å²) in [5.41, 5.74) is 0.889. The van der Waals surface area contributed by atoms with Crippen molar-refractivity contribution in [3.8, 4) is 11.5 Å². The molecule has 0 aliphatic heterocycles. The Hall–Kier alpha value is -0.910. The third-order valence-electron chi connectivity index (χ3n) is 2.85. The highest BCUT2D eigenvalue weighted by Crippen LogP contribution is 2.36. The lowest BCUT2D eigenvalue weighted by Gasteiger charge is -2.15. The van der Waals surface area contributed by atoms with Crippen LogP contribution >= 0.6 is 31.9 Å². The number of hydrogen-bond donors (Lipinski definition) is 1. The fourth-order valence-corrected chi connectivity index (χ4v) is 2.89. The van der Waals surface area contributed by atoms with E-state index in [1.165, 1.54) is 6.07 Å². The average molecular weight is 404 g/mol. The van der Waals surface area contributed by atoms with Gasteiger partial charge in [0, 0.05) is 10.0 Å². The van der Waals surface area contributed by atoms with E-state index in [9.17, 15) is 9.50 Å². The Balaban J connectivity index is 2.44. The van der Waals surface area contributed by atoms with E-state index in [1.807, 2.05) is 12.1 Å². The molecule has 0 aliphatic rings. The van der Waals surface area contributed by atoms with E-state index >= 15 is 0 Å². The first-order chi connectivity index (χ1) is 9.38. The molecular formula is C15H13Br2FO2. The van der Waals surface area contributed by atoms with Gasteiger partial charge in [0.2, 0.25) is 0 Å². The normalized spacial score (nSPS) is 12.3. The molecule has 0 radical (unpaired) electrons. The molecule has 0 aliphatic carbocycles. The SMILES string of the molecule is Cc1cc(Oc2ccc(Br)cc2Br)c([C@@H](C)O)cc1F. The quantitative estimate of drug-likeness (QED) is 0.732. The summed E-state index contributed by atoms with van der Waals surface area (Å²) in [5.74, 6) is 0.686. The van der Waals surface area contributed by atoms with Crippen LogP contribution in [-0.4, -0.2) is 5.11 Å². The van der Waals surface area contributed by atoms with Crippen molar-refractivity contribution in [3.63, 3.8) is 0 Å². The van der Waals surface area contributed by atoms with Crippen LogP contribution in [0.2, 0.25) is 0 Å². The van der Waals surface area contributed by atoms with E-state index < -0.39 is 6.10 Å². The van der Waals surface area contributed by atoms with Crippen molar-refractivity contribution < 1.29 is 14.2 Å². The van der Waals surface area contributed by atoms with Crippen molar-refractivity contribution in [1.82, 2.24) is 0 Å². The molecule has 20 heavy (non-hydrogen) atoms. The highest BCUT2D eigenvalue weighted by molar-refractivity contribution is 9.11. The van der Waals surface area contributed by atoms with Gasteiger partial charge in [-0.15, -0.1) is 0 Å². The van der Waals surface area contributed by atoms with Crippen molar-refractivity contribution in [3.05, 3.63) is 56.2 Å². The number of aryl methyl sites for hydroxylation is 1. The van der Waals surface area contributed by atoms with Crippen LogP contribution in [0.5, 0.6) is 11.5 Å². The number of hydrogen-bond acceptors (Lipinski definition) is 2. The van der Waals surface area contributed by atoms with E-state index in [-0.39, 0.29) is 5.82 Å². The van der Waals surface area contributed by atoms with Crippen LogP contribution in [0.1, 0.15) is 24.2 Å². The molecule has 0 saturated carbocycles. The molecule has 0 fully saturated rings. The monoisotopic (exact) mass is 402 g/mol. The Morgan fingerprint density at radius 3 is 2.45 bits per heavy atom. The maximum atomic E-state index is 13.6. The van der Waals surface area contributed by atoms with Crippen LogP contribution < -0.4 is 4.74 Å². The van der Waals surface area contributed by atoms with Gasteiger partial charge in [-0.3, -0.25) is 0 Å². The molecule has 1 atom stereocenters. The van der Waals surface area contributed by atoms with Crippen LogP contribution in [0.15, 0.2) is 39.3 Å². The van der Waals surface area contributed by atoms with Crippen molar-refractivity contribution in [2.45, 2.75) is 20.0 Å². The number of ether oxygens (including phenoxy) is 1. The van der Waals surface area contributed by atoms with Gasteiger partial charge in [0.15, 0.2) is 0 Å². The first kappa shape index (κ1) is 15.5. The van der Waals surface area contributed by atoms with Crippen molar-refractivity contribution in [1.29, 1.82) is 0 Å². The number of benzene rings is 2. The van der Waals surface area contributed by atoms with Crippen LogP contribution in [0.3, 0.4) is 0 Å². The van der Waals surface area contributed by atoms with Crippen LogP contribution in [-0.2, 0) is 0 Å². The Bertz CT molecular complexity index is 642. The fraction of sp³-hybridized carbons (Fsp3) is 0.200. The lowest BCUT2D eigenvalue weighted by atomic mass is 10.1. The topological polar surface area (TPSA) is 29.5 Å². The molecule has 0 saturated heterocycles. The fourth-order valence-electron chi connectivity index (χ4n) is 1.76. The second kappa shape index (κ2) is 6.24. The highest BCUT2D eigenvalue weighted by atomic mass is 79.9. The van der Waals surface area contributed by atoms with Gasteiger partial charge >= 0.3 is 0 Å². The maximum absolute atomic E-state index is 13.6. The van der Waals surface area contributed by atoms with Crippen molar-refractivity contribution in [2.24, 2.45) is 0 Å². The third kappa shape index (κ3) is 3.40. The van der Waals surface area contributed by atoms with E-state index in [4.69, 9.17) is 4.74 Å². The molecule has 5 heteroatoms. The summed E-state index contributed by atoms with van der Waals surface area (Å²) in [6.45, 7) is 3.23. The van der Waals surface area contributed by atoms with Gasteiger partial charge in [0.1, 0.15) is 17.3 Å². The Kier molecular flexibility index (Phi) is 4.83. The molecule has 2 nitrogen and oxygen atoms in total. The predicted molar refractivity (Wildman–Crippen MR) is 83.7 cm³/mol. The Labute approximate surface area is 133 Å². The molecular weight excluding hydrogens is 391 g/mol. The molecule has 2 aromatic rings. The summed E-state index contributed by atoms with van der Waals surface area (Å²) in [7, 11) is 0. The molecule has 0 spiro atoms. The zero-order chi connectivity index (χ0) is 14.9. The molecule has 0 bridgehead atoms. The summed E-state index contributed by atoms with van der Waals surface area (Å²) in [6, 6.07) is 8.39. The molecule has 0 heterocycles. The lowest BCUT2D eigenvalue weighted by Crippen LogP contribution is -1.99. The zero-order valence-corrected chi connectivity index (χ0v) is 14.1. The second-order valence-electron chi connectivity index (χ2n) is 4.49. The average Bonchev–Trinajstić information content (AvgIpc) is 2.36. The third-order valence-corrected chi connectivity index (χ3v) is 3.97. The van der Waals surface area contributed by atoms with Gasteiger partial charge in [-0.05, 0) is 65.7 Å². The van der Waals surface area contributed by atoms with E-state index in [0.29, 0.717) is 22.6 Å². The number of aliphatic hydroxyl groups is 1. The minimum absolute atomic E-state index is 0.358. The van der Waals surface area contributed by atoms with E-state index in [1.54, 1.807) is 26.0 Å². The Morgan fingerprint density at radius 2 is 1.85 bits per heavy atom. The van der Waals surface area contributed by atoms with Gasteiger partial charge in [-0.2, -0.15) is 0 Å². The molecule has 0 unspecified atom stereocenters. The molecule has 106 valence electrons. The van der Waals surface area contributed by atoms with Crippen LogP contribution in [0.4, 0.5) is 4.39 Å². The van der Waals surface area contributed by atoms with Gasteiger partial charge in [-0.25, -0.2) is 4.39 Å². The predicted octanol–water partition coefficient (Wildman–Crippen LogP) is 5.50. The second-order valence-corrected chi connectivity index (χ2v) is 6.26.